The van der Waals surface area contributed by atoms with Gasteiger partial charge in [-0.3, -0.25) is 14.4 Å². The van der Waals surface area contributed by atoms with Gasteiger partial charge < -0.3 is 24.4 Å². The predicted molar refractivity (Wildman–Crippen MR) is 141 cm³/mol. The molecule has 2 unspecified atom stereocenters. The van der Waals surface area contributed by atoms with E-state index in [0.29, 0.717) is 24.8 Å². The number of nitrogens with zero attached hydrogens (tertiary/aromatic N) is 5. The Hall–Kier alpha value is -3.31. The van der Waals surface area contributed by atoms with Crippen LogP contribution in [-0.2, 0) is 30.5 Å². The van der Waals surface area contributed by atoms with Crippen LogP contribution in [0.4, 0.5) is 0 Å². The third-order valence-corrected chi connectivity index (χ3v) is 8.26. The third kappa shape index (κ3) is 4.41. The fourth-order valence-electron chi connectivity index (χ4n) is 6.82. The number of para-hydroxylation sites is 1. The predicted octanol–water partition coefficient (Wildman–Crippen LogP) is 1.75. The Morgan fingerprint density at radius 2 is 2.13 bits per heavy atom. The molecule has 39 heavy (non-hydrogen) atoms. The van der Waals surface area contributed by atoms with Crippen molar-refractivity contribution in [2.75, 3.05) is 19.8 Å². The van der Waals surface area contributed by atoms with Crippen molar-refractivity contribution in [3.63, 3.8) is 0 Å². The maximum Gasteiger partial charge on any atom is 0.312 e. The number of likely N-dealkylation sites (tertiary alicyclic amines) is 1. The zero-order valence-electron chi connectivity index (χ0n) is 22.7. The number of aromatic nitrogens is 3. The normalized spacial score (nSPS) is 28.2. The molecule has 11 nitrogen and oxygen atoms in total. The summed E-state index contributed by atoms with van der Waals surface area (Å²) in [5.41, 5.74) is 0.292. The number of ether oxygens (including phenoxy) is 2. The van der Waals surface area contributed by atoms with Crippen LogP contribution >= 0.6 is 0 Å². The van der Waals surface area contributed by atoms with Crippen LogP contribution in [0.25, 0.3) is 11.0 Å². The van der Waals surface area contributed by atoms with Crippen molar-refractivity contribution in [2.45, 2.75) is 70.5 Å². The Labute approximate surface area is 227 Å². The standard InChI is InChI=1S/C28H37N5O6/c1-5-13-31(16-32-20-10-8-7-9-19(20)29-30-32)26(36)24-28-12-11-21(39-28)22(27(37)38-6-2)23(28)25(35)33(24)18(15-34)14-17(3)4/h5,7-10,17-18,21-24,34H,1,6,11-16H2,2-4H3/t18-,21+,22-,23+,24?,28?/m1/s1. The van der Waals surface area contributed by atoms with Crippen molar-refractivity contribution in [3.05, 3.63) is 36.9 Å². The van der Waals surface area contributed by atoms with E-state index in [2.05, 4.69) is 16.9 Å². The van der Waals surface area contributed by atoms with Crippen molar-refractivity contribution < 1.29 is 29.0 Å². The molecule has 3 fully saturated rings. The van der Waals surface area contributed by atoms with E-state index in [1.807, 2.05) is 38.1 Å². The summed E-state index contributed by atoms with van der Waals surface area (Å²) in [5, 5.41) is 18.9. The van der Waals surface area contributed by atoms with E-state index in [1.165, 1.54) is 4.90 Å². The summed E-state index contributed by atoms with van der Waals surface area (Å²) in [6.07, 6.45) is 2.65. The van der Waals surface area contributed by atoms with Crippen LogP contribution in [0.3, 0.4) is 0 Å². The topological polar surface area (TPSA) is 127 Å². The molecule has 3 aliphatic rings. The molecule has 1 spiro atoms. The maximum absolute atomic E-state index is 14.5. The number of aliphatic hydroxyl groups excluding tert-OH is 1. The molecular weight excluding hydrogens is 502 g/mol. The van der Waals surface area contributed by atoms with Crippen molar-refractivity contribution in [3.8, 4) is 0 Å². The lowest BCUT2D eigenvalue weighted by molar-refractivity contribution is -0.156. The number of aliphatic hydroxyl groups is 1. The van der Waals surface area contributed by atoms with E-state index >= 15 is 0 Å². The molecule has 2 bridgehead atoms. The van der Waals surface area contributed by atoms with Gasteiger partial charge in [-0.15, -0.1) is 11.7 Å². The second kappa shape index (κ2) is 10.7. The van der Waals surface area contributed by atoms with Crippen LogP contribution < -0.4 is 0 Å². The van der Waals surface area contributed by atoms with Gasteiger partial charge in [0, 0.05) is 6.54 Å². The number of rotatable bonds is 11. The lowest BCUT2D eigenvalue weighted by Gasteiger charge is -2.39. The number of benzene rings is 1. The number of carbonyl (C=O) groups excluding carboxylic acids is 3. The first-order valence-corrected chi connectivity index (χ1v) is 13.7. The smallest absolute Gasteiger partial charge is 0.312 e. The van der Waals surface area contributed by atoms with Gasteiger partial charge in [-0.25, -0.2) is 4.68 Å². The number of hydrogen-bond donors (Lipinski definition) is 1. The highest BCUT2D eigenvalue weighted by atomic mass is 16.6. The minimum atomic E-state index is -1.18. The van der Waals surface area contributed by atoms with Crippen molar-refractivity contribution in [2.24, 2.45) is 17.8 Å². The molecule has 3 saturated heterocycles. The first-order chi connectivity index (χ1) is 18.8. The van der Waals surface area contributed by atoms with Gasteiger partial charge >= 0.3 is 5.97 Å². The quantitative estimate of drug-likeness (QED) is 0.338. The second-order valence-electron chi connectivity index (χ2n) is 11.1. The molecule has 0 aliphatic carbocycles. The van der Waals surface area contributed by atoms with Crippen LogP contribution in [-0.4, -0.2) is 91.2 Å². The Kier molecular flexibility index (Phi) is 7.47. The molecule has 3 aliphatic heterocycles. The summed E-state index contributed by atoms with van der Waals surface area (Å²) >= 11 is 0. The summed E-state index contributed by atoms with van der Waals surface area (Å²) in [4.78, 5) is 44.8. The van der Waals surface area contributed by atoms with Crippen LogP contribution in [0.2, 0.25) is 0 Å². The highest BCUT2D eigenvalue weighted by molar-refractivity contribution is 5.98. The Morgan fingerprint density at radius 3 is 2.82 bits per heavy atom. The first-order valence-electron chi connectivity index (χ1n) is 13.7. The molecule has 1 N–H and O–H groups in total. The molecule has 1 aromatic carbocycles. The molecule has 5 rings (SSSR count). The number of amides is 2. The Morgan fingerprint density at radius 1 is 1.36 bits per heavy atom. The van der Waals surface area contributed by atoms with E-state index in [4.69, 9.17) is 9.47 Å². The van der Waals surface area contributed by atoms with E-state index in [-0.39, 0.29) is 44.2 Å². The van der Waals surface area contributed by atoms with Gasteiger partial charge in [0.05, 0.1) is 42.7 Å². The summed E-state index contributed by atoms with van der Waals surface area (Å²) in [6.45, 7) is 9.74. The van der Waals surface area contributed by atoms with E-state index in [9.17, 15) is 19.5 Å². The highest BCUT2D eigenvalue weighted by Gasteiger charge is 2.75. The molecule has 2 aromatic rings. The summed E-state index contributed by atoms with van der Waals surface area (Å²) in [6, 6.07) is 5.85. The zero-order valence-corrected chi connectivity index (χ0v) is 22.7. The van der Waals surface area contributed by atoms with Gasteiger partial charge in [-0.1, -0.05) is 37.3 Å². The second-order valence-corrected chi connectivity index (χ2v) is 11.1. The fourth-order valence-corrected chi connectivity index (χ4v) is 6.82. The molecular formula is C28H37N5O6. The summed E-state index contributed by atoms with van der Waals surface area (Å²) in [5.74, 6) is -2.61. The van der Waals surface area contributed by atoms with Crippen molar-refractivity contribution in [1.29, 1.82) is 0 Å². The van der Waals surface area contributed by atoms with Gasteiger partial charge in [-0.05, 0) is 44.2 Å². The molecule has 2 amide bonds. The van der Waals surface area contributed by atoms with Gasteiger partial charge in [0.1, 0.15) is 23.8 Å². The average Bonchev–Trinajstić information content (AvgIpc) is 3.66. The lowest BCUT2D eigenvalue weighted by Crippen LogP contribution is -2.59. The minimum Gasteiger partial charge on any atom is -0.466 e. The SMILES string of the molecule is C=CCN(Cn1nnc2ccccc21)C(=O)C1N([C@@H](CO)CC(C)C)C(=O)[C@@H]2[C@H](C(=O)OCC)[C@@H]3CCC12O3. The van der Waals surface area contributed by atoms with E-state index in [0.717, 1.165) is 5.52 Å². The lowest BCUT2D eigenvalue weighted by atomic mass is 9.70. The highest BCUT2D eigenvalue weighted by Crippen LogP contribution is 2.59. The van der Waals surface area contributed by atoms with Crippen LogP contribution in [0.1, 0.15) is 40.0 Å². The van der Waals surface area contributed by atoms with Gasteiger partial charge in [0.25, 0.3) is 0 Å². The van der Waals surface area contributed by atoms with Gasteiger partial charge in [-0.2, -0.15) is 0 Å². The number of esters is 1. The fraction of sp³-hybridized carbons (Fsp3) is 0.607. The van der Waals surface area contributed by atoms with Crippen molar-refractivity contribution in [1.82, 2.24) is 24.8 Å². The van der Waals surface area contributed by atoms with Crippen LogP contribution in [0.15, 0.2) is 36.9 Å². The monoisotopic (exact) mass is 539 g/mol. The molecule has 0 radical (unpaired) electrons. The molecule has 210 valence electrons. The van der Waals surface area contributed by atoms with Crippen molar-refractivity contribution >= 4 is 28.8 Å². The number of hydrogen-bond acceptors (Lipinski definition) is 8. The molecule has 11 heteroatoms. The third-order valence-electron chi connectivity index (χ3n) is 8.26. The first kappa shape index (κ1) is 27.3. The Balaban J connectivity index is 1.56. The largest absolute Gasteiger partial charge is 0.466 e. The van der Waals surface area contributed by atoms with E-state index < -0.39 is 41.6 Å². The molecule has 1 aromatic heterocycles. The average molecular weight is 540 g/mol. The molecule has 4 heterocycles. The summed E-state index contributed by atoms with van der Waals surface area (Å²) < 4.78 is 13.5. The van der Waals surface area contributed by atoms with Crippen LogP contribution in [0.5, 0.6) is 0 Å². The summed E-state index contributed by atoms with van der Waals surface area (Å²) in [7, 11) is 0. The maximum atomic E-state index is 14.5. The zero-order chi connectivity index (χ0) is 27.9. The minimum absolute atomic E-state index is 0.0867. The molecule has 6 atom stereocenters. The van der Waals surface area contributed by atoms with Gasteiger partial charge in [0.15, 0.2) is 0 Å². The molecule has 0 saturated carbocycles. The Bertz CT molecular complexity index is 1260. The number of carbonyl (C=O) groups is 3. The number of fused-ring (bicyclic) bond motifs is 2. The van der Waals surface area contributed by atoms with Crippen LogP contribution in [0, 0.1) is 17.8 Å². The van der Waals surface area contributed by atoms with E-state index in [1.54, 1.807) is 22.6 Å². The van der Waals surface area contributed by atoms with Gasteiger partial charge in [0.2, 0.25) is 11.8 Å².